The van der Waals surface area contributed by atoms with Gasteiger partial charge in [0.1, 0.15) is 17.2 Å². The third kappa shape index (κ3) is 7.35. The molecule has 0 spiro atoms. The highest BCUT2D eigenvalue weighted by Crippen LogP contribution is 2.50. The summed E-state index contributed by atoms with van der Waals surface area (Å²) in [6.07, 6.45) is 34.4. The van der Waals surface area contributed by atoms with Crippen molar-refractivity contribution in [3.05, 3.63) is 214 Å². The van der Waals surface area contributed by atoms with Gasteiger partial charge in [0, 0.05) is 68.1 Å². The maximum absolute atomic E-state index is 7.01. The van der Waals surface area contributed by atoms with E-state index < -0.39 is 0 Å². The zero-order valence-electron chi connectivity index (χ0n) is 38.6. The number of fused-ring (bicyclic) bond motifs is 6. The van der Waals surface area contributed by atoms with Crippen LogP contribution in [-0.2, 0) is 6.42 Å². The molecule has 0 radical (unpaired) electrons. The van der Waals surface area contributed by atoms with Gasteiger partial charge in [0.05, 0.1) is 11.6 Å². The van der Waals surface area contributed by atoms with Crippen molar-refractivity contribution in [2.75, 3.05) is 0 Å². The number of allylic oxidation sites excluding steroid dienone is 7. The Morgan fingerprint density at radius 2 is 1.41 bits per heavy atom. The second kappa shape index (κ2) is 17.5. The van der Waals surface area contributed by atoms with Crippen LogP contribution in [0.3, 0.4) is 0 Å². The molecule has 13 rings (SSSR count). The molecule has 68 heavy (non-hydrogen) atoms. The van der Waals surface area contributed by atoms with Gasteiger partial charge in [-0.1, -0.05) is 164 Å². The van der Waals surface area contributed by atoms with Crippen LogP contribution in [0.1, 0.15) is 133 Å². The van der Waals surface area contributed by atoms with Crippen molar-refractivity contribution in [2.24, 2.45) is 0 Å². The molecule has 5 nitrogen and oxygen atoms in total. The number of aromatic nitrogens is 4. The fourth-order valence-electron chi connectivity index (χ4n) is 12.4. The van der Waals surface area contributed by atoms with Gasteiger partial charge in [-0.2, -0.15) is 0 Å². The zero-order valence-corrected chi connectivity index (χ0v) is 38.6. The monoisotopic (exact) mass is 884 g/mol. The van der Waals surface area contributed by atoms with Gasteiger partial charge in [-0.15, -0.1) is 0 Å². The molecular formula is C63H56N4O. The van der Waals surface area contributed by atoms with E-state index in [1.165, 1.54) is 73.9 Å². The van der Waals surface area contributed by atoms with Gasteiger partial charge in [0.25, 0.3) is 0 Å². The first-order valence-corrected chi connectivity index (χ1v) is 25.2. The van der Waals surface area contributed by atoms with Crippen LogP contribution in [0.15, 0.2) is 168 Å². The topological polar surface area (TPSA) is 56.7 Å². The van der Waals surface area contributed by atoms with Crippen molar-refractivity contribution in [2.45, 2.75) is 99.8 Å². The third-order valence-electron chi connectivity index (χ3n) is 15.7. The minimum atomic E-state index is 0.0533. The molecule has 0 amide bonds. The molecule has 3 heterocycles. The molecule has 0 N–H and O–H groups in total. The van der Waals surface area contributed by atoms with Crippen LogP contribution in [0.5, 0.6) is 0 Å². The lowest BCUT2D eigenvalue weighted by Crippen LogP contribution is -2.33. The van der Waals surface area contributed by atoms with Crippen molar-refractivity contribution in [3.8, 4) is 22.8 Å². The van der Waals surface area contributed by atoms with Gasteiger partial charge in [0.2, 0.25) is 0 Å². The van der Waals surface area contributed by atoms with E-state index in [-0.39, 0.29) is 23.7 Å². The molecule has 6 atom stereocenters. The van der Waals surface area contributed by atoms with Crippen LogP contribution in [0.2, 0.25) is 0 Å². The molecule has 334 valence electrons. The second-order valence-corrected chi connectivity index (χ2v) is 19.7. The molecule has 0 saturated heterocycles. The first-order valence-electron chi connectivity index (χ1n) is 25.2. The van der Waals surface area contributed by atoms with E-state index in [0.29, 0.717) is 12.0 Å². The minimum absolute atomic E-state index is 0.0533. The van der Waals surface area contributed by atoms with E-state index in [1.807, 2.05) is 0 Å². The molecule has 0 aliphatic heterocycles. The quantitative estimate of drug-likeness (QED) is 0.143. The summed E-state index contributed by atoms with van der Waals surface area (Å²) in [4.78, 5) is 16.2. The lowest BCUT2D eigenvalue weighted by atomic mass is 9.67. The molecule has 3 aromatic heterocycles. The number of rotatable bonds is 8. The normalized spacial score (nSPS) is 23.0. The average Bonchev–Trinajstić information content (AvgIpc) is 3.95. The van der Waals surface area contributed by atoms with Crippen LogP contribution >= 0.6 is 0 Å². The highest BCUT2D eigenvalue weighted by molar-refractivity contribution is 6.00. The number of furan rings is 1. The van der Waals surface area contributed by atoms with Crippen LogP contribution < -0.4 is 10.6 Å². The number of benzene rings is 5. The van der Waals surface area contributed by atoms with E-state index >= 15 is 0 Å². The van der Waals surface area contributed by atoms with Crippen molar-refractivity contribution in [1.82, 2.24) is 19.5 Å². The predicted molar refractivity (Wildman–Crippen MR) is 278 cm³/mol. The molecule has 5 aliphatic carbocycles. The Hall–Kier alpha value is -7.11. The Bertz CT molecular complexity index is 3450. The standard InChI is InChI=1S/C63H56N4O/c1-6-19-41(20-7-1)49-30-18-31-50(42-21-8-2-9-22-42)60(49)46-34-35-48(55(37-46)63-65-61(43-23-10-3-11-24-43)64-62(66-63)44-25-12-4-13-26-44)45-33-36-52-54-39-57-53(40-59(54)68-58(52)38-45)51-29-16-17-32-56(51)67(57)47-27-14-5-15-28-47/h1-4,6-12,14,18-24,27,29-30,32-37,39-40,44-45,47,49-50,60H,5,13,15-17,25-26,28,31,38H2. The summed E-state index contributed by atoms with van der Waals surface area (Å²) in [7, 11) is 0. The molecule has 5 heteroatoms. The summed E-state index contributed by atoms with van der Waals surface area (Å²) in [6, 6.07) is 45.1. The minimum Gasteiger partial charge on any atom is -0.460 e. The zero-order chi connectivity index (χ0) is 45.0. The van der Waals surface area contributed by atoms with Gasteiger partial charge < -0.3 is 8.98 Å². The third-order valence-corrected chi connectivity index (χ3v) is 15.7. The molecule has 0 saturated carbocycles. The highest BCUT2D eigenvalue weighted by atomic mass is 16.3. The molecule has 5 aromatic carbocycles. The van der Waals surface area contributed by atoms with Gasteiger partial charge in [-0.3, -0.25) is 0 Å². The Labute approximate surface area is 398 Å². The van der Waals surface area contributed by atoms with E-state index in [4.69, 9.17) is 19.4 Å². The molecule has 8 aromatic rings. The predicted octanol–water partition coefficient (Wildman–Crippen LogP) is 14.3. The van der Waals surface area contributed by atoms with Gasteiger partial charge >= 0.3 is 0 Å². The van der Waals surface area contributed by atoms with Gasteiger partial charge in [-0.25, -0.2) is 15.0 Å². The average molecular weight is 885 g/mol. The highest BCUT2D eigenvalue weighted by Gasteiger charge is 2.35. The van der Waals surface area contributed by atoms with Gasteiger partial charge in [-0.05, 0) is 104 Å². The van der Waals surface area contributed by atoms with Gasteiger partial charge in [0.15, 0.2) is 11.6 Å². The largest absolute Gasteiger partial charge is 0.460 e. The second-order valence-electron chi connectivity index (χ2n) is 19.7. The number of hydrogen-bond acceptors (Lipinski definition) is 4. The Morgan fingerprint density at radius 1 is 0.603 bits per heavy atom. The summed E-state index contributed by atoms with van der Waals surface area (Å²) in [5.74, 6) is 4.39. The van der Waals surface area contributed by atoms with Crippen molar-refractivity contribution in [3.63, 3.8) is 0 Å². The van der Waals surface area contributed by atoms with Crippen LogP contribution in [0, 0.1) is 0 Å². The van der Waals surface area contributed by atoms with Crippen LogP contribution in [0.25, 0.3) is 62.9 Å². The number of hydrogen-bond donors (Lipinski definition) is 0. The smallest absolute Gasteiger partial charge is 0.164 e. The Kier molecular flexibility index (Phi) is 10.6. The first kappa shape index (κ1) is 41.1. The fraction of sp³-hybridized carbons (Fsp3) is 0.254. The van der Waals surface area contributed by atoms with E-state index in [1.54, 1.807) is 0 Å². The van der Waals surface area contributed by atoms with Crippen molar-refractivity contribution in [1.29, 1.82) is 0 Å². The van der Waals surface area contributed by atoms with Crippen molar-refractivity contribution < 1.29 is 4.42 Å². The van der Waals surface area contributed by atoms with E-state index in [9.17, 15) is 0 Å². The summed E-state index contributed by atoms with van der Waals surface area (Å²) < 4.78 is 9.63. The Morgan fingerprint density at radius 3 is 2.22 bits per heavy atom. The molecule has 6 unspecified atom stereocenters. The van der Waals surface area contributed by atoms with Crippen molar-refractivity contribution >= 4 is 40.1 Å². The number of nitrogens with zero attached hydrogens (tertiary/aromatic N) is 4. The summed E-state index contributed by atoms with van der Waals surface area (Å²) >= 11 is 0. The summed E-state index contributed by atoms with van der Waals surface area (Å²) in [5.41, 5.74) is 10.8. The first-order chi connectivity index (χ1) is 33.7. The maximum Gasteiger partial charge on any atom is 0.164 e. The summed E-state index contributed by atoms with van der Waals surface area (Å²) in [5, 5.41) is 5.25. The lowest BCUT2D eigenvalue weighted by molar-refractivity contribution is 0.479. The Balaban J connectivity index is 0.975. The van der Waals surface area contributed by atoms with E-state index in [2.05, 4.69) is 187 Å². The van der Waals surface area contributed by atoms with E-state index in [0.717, 1.165) is 84.9 Å². The molecule has 0 fully saturated rings. The molecule has 0 bridgehead atoms. The lowest BCUT2D eigenvalue weighted by Gasteiger charge is -2.37. The maximum atomic E-state index is 7.01. The summed E-state index contributed by atoms with van der Waals surface area (Å²) in [6.45, 7) is 0. The SMILES string of the molecule is C1=CC(n2c3c(c4cc5oc6c(c5cc42)C=CC(c2ccc(C4C(c5ccccc5)C=CCC4c4ccccc4)cc2-c2nc(-c4ccccc4)nc(C4CC=CCC4)n2)C6)=CCCC=3)CCC1. The van der Waals surface area contributed by atoms with Crippen LogP contribution in [-0.4, -0.2) is 19.5 Å². The molecule has 5 aliphatic rings. The fourth-order valence-corrected chi connectivity index (χ4v) is 12.4. The van der Waals surface area contributed by atoms with Crippen LogP contribution in [0.4, 0.5) is 0 Å². The molecular weight excluding hydrogens is 829 g/mol.